The van der Waals surface area contributed by atoms with Gasteiger partial charge in [-0.1, -0.05) is 12.1 Å². The van der Waals surface area contributed by atoms with Gasteiger partial charge in [0.25, 0.3) is 0 Å². The zero-order chi connectivity index (χ0) is 11.3. The Morgan fingerprint density at radius 2 is 2.00 bits per heavy atom. The highest BCUT2D eigenvalue weighted by molar-refractivity contribution is 7.74. The molecule has 1 atom stereocenters. The average Bonchev–Trinajstić information content (AvgIpc) is 2.18. The van der Waals surface area contributed by atoms with Gasteiger partial charge in [-0.15, -0.1) is 0 Å². The average molecular weight is 229 g/mol. The van der Waals surface area contributed by atoms with E-state index in [1.54, 1.807) is 12.1 Å². The van der Waals surface area contributed by atoms with E-state index in [0.717, 1.165) is 5.56 Å². The Hall–Kier alpha value is -1.24. The second-order valence-corrected chi connectivity index (χ2v) is 3.42. The predicted molar refractivity (Wildman–Crippen MR) is 52.0 cm³/mol. The fraction of sp³-hybridized carbons (Fsp3) is 0.222. The van der Waals surface area contributed by atoms with Gasteiger partial charge in [0.2, 0.25) is 0 Å². The van der Waals surface area contributed by atoms with Crippen molar-refractivity contribution in [2.24, 2.45) is 0 Å². The summed E-state index contributed by atoms with van der Waals surface area (Å²) in [4.78, 5) is 10.5. The van der Waals surface area contributed by atoms with Crippen LogP contribution in [0.4, 0.5) is 0 Å². The molecular formula is C9H9O5S-. The van der Waals surface area contributed by atoms with Gasteiger partial charge in [-0.2, -0.15) is 0 Å². The quantitative estimate of drug-likeness (QED) is 0.752. The fourth-order valence-electron chi connectivity index (χ4n) is 1.04. The van der Waals surface area contributed by atoms with Crippen LogP contribution in [0.2, 0.25) is 0 Å². The molecule has 15 heavy (non-hydrogen) atoms. The van der Waals surface area contributed by atoms with Crippen LogP contribution in [-0.2, 0) is 22.0 Å². The molecule has 5 nitrogen and oxygen atoms in total. The molecule has 82 valence electrons. The lowest BCUT2D eigenvalue weighted by molar-refractivity contribution is 0.0697. The Balaban J connectivity index is 2.50. The molecule has 0 aliphatic heterocycles. The molecule has 6 heteroatoms. The van der Waals surface area contributed by atoms with Crippen molar-refractivity contribution in [2.75, 3.05) is 6.61 Å². The zero-order valence-electron chi connectivity index (χ0n) is 7.71. The second kappa shape index (κ2) is 5.59. The van der Waals surface area contributed by atoms with Crippen molar-refractivity contribution in [2.45, 2.75) is 6.42 Å². The molecule has 1 N–H and O–H groups in total. The van der Waals surface area contributed by atoms with Crippen molar-refractivity contribution in [3.63, 3.8) is 0 Å². The molecule has 0 fully saturated rings. The van der Waals surface area contributed by atoms with E-state index in [1.165, 1.54) is 12.1 Å². The molecule has 0 bridgehead atoms. The maximum absolute atomic E-state index is 10.5. The number of rotatable bonds is 5. The first-order chi connectivity index (χ1) is 7.09. The molecular weight excluding hydrogens is 220 g/mol. The highest BCUT2D eigenvalue weighted by Gasteiger charge is 2.01. The zero-order valence-corrected chi connectivity index (χ0v) is 8.53. The number of carboxylic acid groups (broad SMARTS) is 1. The highest BCUT2D eigenvalue weighted by atomic mass is 32.2. The van der Waals surface area contributed by atoms with E-state index in [-0.39, 0.29) is 12.2 Å². The first-order valence-electron chi connectivity index (χ1n) is 4.14. The number of aromatic carboxylic acids is 1. The minimum absolute atomic E-state index is 0.0581. The van der Waals surface area contributed by atoms with Crippen LogP contribution in [0.3, 0.4) is 0 Å². The molecule has 0 aliphatic carbocycles. The summed E-state index contributed by atoms with van der Waals surface area (Å²) in [5.41, 5.74) is 1.03. The van der Waals surface area contributed by atoms with Gasteiger partial charge in [0.1, 0.15) is 0 Å². The third kappa shape index (κ3) is 4.20. The lowest BCUT2D eigenvalue weighted by Gasteiger charge is -2.05. The molecule has 0 radical (unpaired) electrons. The number of hydrogen-bond donors (Lipinski definition) is 1. The van der Waals surface area contributed by atoms with Crippen molar-refractivity contribution in [1.29, 1.82) is 0 Å². The molecule has 0 spiro atoms. The van der Waals surface area contributed by atoms with Crippen molar-refractivity contribution >= 4 is 17.3 Å². The molecule has 1 unspecified atom stereocenters. The van der Waals surface area contributed by atoms with Crippen LogP contribution in [0.5, 0.6) is 0 Å². The van der Waals surface area contributed by atoms with Crippen LogP contribution in [0.15, 0.2) is 24.3 Å². The second-order valence-electron chi connectivity index (χ2n) is 2.78. The van der Waals surface area contributed by atoms with Crippen molar-refractivity contribution in [3.8, 4) is 0 Å². The minimum Gasteiger partial charge on any atom is -0.750 e. The van der Waals surface area contributed by atoms with Gasteiger partial charge in [-0.05, 0) is 24.1 Å². The van der Waals surface area contributed by atoms with E-state index in [2.05, 4.69) is 4.18 Å². The Labute approximate surface area is 89.2 Å². The largest absolute Gasteiger partial charge is 0.750 e. The summed E-state index contributed by atoms with van der Waals surface area (Å²) < 4.78 is 24.4. The number of hydrogen-bond acceptors (Lipinski definition) is 4. The Morgan fingerprint density at radius 1 is 1.40 bits per heavy atom. The summed E-state index contributed by atoms with van der Waals surface area (Å²) >= 11 is -2.50. The summed E-state index contributed by atoms with van der Waals surface area (Å²) in [5, 5.41) is 8.62. The summed E-state index contributed by atoms with van der Waals surface area (Å²) in [6.45, 7) is 0.0581. The maximum atomic E-state index is 10.5. The molecule has 1 rings (SSSR count). The monoisotopic (exact) mass is 229 g/mol. The SMILES string of the molecule is O=C(O)c1ccc(CCOS(=O)[O-])cc1. The van der Waals surface area contributed by atoms with E-state index >= 15 is 0 Å². The van der Waals surface area contributed by atoms with Crippen LogP contribution >= 0.6 is 0 Å². The van der Waals surface area contributed by atoms with Gasteiger partial charge < -0.3 is 13.8 Å². The van der Waals surface area contributed by atoms with Crippen LogP contribution in [0, 0.1) is 0 Å². The summed E-state index contributed by atoms with van der Waals surface area (Å²) in [6, 6.07) is 6.18. The molecule has 0 aromatic heterocycles. The Bertz CT molecular complexity index is 359. The number of carbonyl (C=O) groups is 1. The summed E-state index contributed by atoms with van der Waals surface area (Å²) in [7, 11) is 0. The molecule has 0 amide bonds. The van der Waals surface area contributed by atoms with Crippen LogP contribution in [0.1, 0.15) is 15.9 Å². The van der Waals surface area contributed by atoms with Gasteiger partial charge in [0.15, 0.2) is 0 Å². The lowest BCUT2D eigenvalue weighted by atomic mass is 10.1. The van der Waals surface area contributed by atoms with Gasteiger partial charge in [-0.25, -0.2) is 9.00 Å². The van der Waals surface area contributed by atoms with Crippen molar-refractivity contribution in [1.82, 2.24) is 0 Å². The van der Waals surface area contributed by atoms with E-state index in [9.17, 15) is 13.6 Å². The Kier molecular flexibility index (Phi) is 4.41. The van der Waals surface area contributed by atoms with Gasteiger partial charge in [0.05, 0.1) is 23.5 Å². The molecule has 0 aliphatic rings. The topological polar surface area (TPSA) is 86.7 Å². The number of benzene rings is 1. The molecule has 0 saturated carbocycles. The first kappa shape index (κ1) is 11.8. The standard InChI is InChI=1S/C9H10O5S/c10-9(11)8-3-1-7(2-4-8)5-6-14-15(12)13/h1-4H,5-6H2,(H,10,11)(H,12,13)/p-1. The molecule has 0 heterocycles. The van der Waals surface area contributed by atoms with E-state index in [1.807, 2.05) is 0 Å². The van der Waals surface area contributed by atoms with Crippen molar-refractivity contribution in [3.05, 3.63) is 35.4 Å². The summed E-state index contributed by atoms with van der Waals surface area (Å²) in [5.74, 6) is -0.988. The van der Waals surface area contributed by atoms with Gasteiger partial charge in [0, 0.05) is 0 Å². The lowest BCUT2D eigenvalue weighted by Crippen LogP contribution is -2.01. The fourth-order valence-corrected chi connectivity index (χ4v) is 1.26. The molecule has 1 aromatic rings. The third-order valence-corrected chi connectivity index (χ3v) is 2.13. The van der Waals surface area contributed by atoms with Crippen molar-refractivity contribution < 1.29 is 22.8 Å². The van der Waals surface area contributed by atoms with Crippen LogP contribution in [-0.4, -0.2) is 26.4 Å². The Morgan fingerprint density at radius 3 is 2.47 bits per heavy atom. The highest BCUT2D eigenvalue weighted by Crippen LogP contribution is 2.05. The summed E-state index contributed by atoms with van der Waals surface area (Å²) in [6.07, 6.45) is 0.424. The normalized spacial score (nSPS) is 12.3. The van der Waals surface area contributed by atoms with E-state index in [0.29, 0.717) is 6.42 Å². The maximum Gasteiger partial charge on any atom is 0.335 e. The van der Waals surface area contributed by atoms with Gasteiger partial charge in [-0.3, -0.25) is 0 Å². The third-order valence-electron chi connectivity index (χ3n) is 1.77. The van der Waals surface area contributed by atoms with E-state index in [4.69, 9.17) is 5.11 Å². The number of carboxylic acids is 1. The van der Waals surface area contributed by atoms with Gasteiger partial charge >= 0.3 is 5.97 Å². The smallest absolute Gasteiger partial charge is 0.335 e. The minimum atomic E-state index is -2.50. The molecule has 0 saturated heterocycles. The first-order valence-corrected chi connectivity index (χ1v) is 5.14. The predicted octanol–water partition coefficient (Wildman–Crippen LogP) is 0.738. The molecule has 1 aromatic carbocycles. The van der Waals surface area contributed by atoms with Crippen LogP contribution < -0.4 is 0 Å². The van der Waals surface area contributed by atoms with Crippen LogP contribution in [0.25, 0.3) is 0 Å². The van der Waals surface area contributed by atoms with E-state index < -0.39 is 17.3 Å².